The van der Waals surface area contributed by atoms with Crippen molar-refractivity contribution in [1.29, 1.82) is 0 Å². The maximum Gasteiger partial charge on any atom is 0.272 e. The lowest BCUT2D eigenvalue weighted by Crippen LogP contribution is -2.50. The first-order chi connectivity index (χ1) is 18.4. The predicted octanol–water partition coefficient (Wildman–Crippen LogP) is 5.43. The van der Waals surface area contributed by atoms with E-state index in [9.17, 15) is 4.79 Å². The van der Waals surface area contributed by atoms with Crippen LogP contribution in [0.3, 0.4) is 0 Å². The number of carbonyl (C=O) groups excluding carboxylic acids is 1. The summed E-state index contributed by atoms with van der Waals surface area (Å²) in [4.78, 5) is 22.4. The van der Waals surface area contributed by atoms with E-state index in [-0.39, 0.29) is 11.9 Å². The van der Waals surface area contributed by atoms with Crippen molar-refractivity contribution in [2.24, 2.45) is 4.99 Å². The molecule has 2 unspecified atom stereocenters. The summed E-state index contributed by atoms with van der Waals surface area (Å²) < 4.78 is 0. The van der Waals surface area contributed by atoms with Gasteiger partial charge in [-0.3, -0.25) is 9.69 Å². The van der Waals surface area contributed by atoms with E-state index in [4.69, 9.17) is 40.4 Å². The number of thiocarbonyl (C=S) groups is 1. The van der Waals surface area contributed by atoms with Crippen LogP contribution in [0.1, 0.15) is 35.6 Å². The summed E-state index contributed by atoms with van der Waals surface area (Å²) in [7, 11) is 1.74. The van der Waals surface area contributed by atoms with Gasteiger partial charge in [-0.25, -0.2) is 4.99 Å². The van der Waals surface area contributed by atoms with Crippen molar-refractivity contribution in [1.82, 2.24) is 15.5 Å². The van der Waals surface area contributed by atoms with Gasteiger partial charge in [0.05, 0.1) is 17.4 Å². The molecule has 0 radical (unpaired) electrons. The SMILES string of the molecule is CN1C(=O)C(NC(=S)NCC(c2ccccc2Cl)N2CCCC2)N=C(c2ccccc2)c2cc(Cl)ccc21. The number of halogens is 2. The van der Waals surface area contributed by atoms with Gasteiger partial charge in [-0.2, -0.15) is 0 Å². The van der Waals surface area contributed by atoms with Crippen LogP contribution in [-0.4, -0.2) is 54.5 Å². The number of hydrogen-bond acceptors (Lipinski definition) is 4. The van der Waals surface area contributed by atoms with Crippen molar-refractivity contribution in [2.75, 3.05) is 31.6 Å². The van der Waals surface area contributed by atoms with E-state index in [1.807, 2.05) is 60.7 Å². The quantitative estimate of drug-likeness (QED) is 0.390. The molecule has 196 valence electrons. The summed E-state index contributed by atoms with van der Waals surface area (Å²) in [5.74, 6) is -0.217. The molecule has 5 rings (SSSR count). The number of nitrogens with zero attached hydrogens (tertiary/aromatic N) is 3. The average Bonchev–Trinajstić information content (AvgIpc) is 3.43. The Labute approximate surface area is 238 Å². The number of likely N-dealkylation sites (N-methyl/N-ethyl adjacent to an activating group) is 1. The van der Waals surface area contributed by atoms with Gasteiger partial charge in [0.15, 0.2) is 5.11 Å². The summed E-state index contributed by atoms with van der Waals surface area (Å²) in [6, 6.07) is 23.2. The Morgan fingerprint density at radius 2 is 1.76 bits per heavy atom. The minimum Gasteiger partial charge on any atom is -0.361 e. The molecule has 2 aliphatic rings. The van der Waals surface area contributed by atoms with Gasteiger partial charge in [-0.1, -0.05) is 71.7 Å². The number of benzene rings is 3. The number of carbonyl (C=O) groups is 1. The molecule has 3 aromatic rings. The fourth-order valence-corrected chi connectivity index (χ4v) is 5.69. The van der Waals surface area contributed by atoms with E-state index < -0.39 is 6.17 Å². The van der Waals surface area contributed by atoms with Crippen LogP contribution in [0.5, 0.6) is 0 Å². The van der Waals surface area contributed by atoms with Crippen molar-refractivity contribution < 1.29 is 4.79 Å². The lowest BCUT2D eigenvalue weighted by atomic mass is 10.0. The van der Waals surface area contributed by atoms with Gasteiger partial charge in [0, 0.05) is 34.8 Å². The maximum atomic E-state index is 13.5. The Morgan fingerprint density at radius 3 is 2.50 bits per heavy atom. The minimum absolute atomic E-state index is 0.0632. The zero-order valence-electron chi connectivity index (χ0n) is 21.0. The fourth-order valence-electron chi connectivity index (χ4n) is 5.07. The number of rotatable bonds is 6. The topological polar surface area (TPSA) is 60.0 Å². The molecule has 2 aliphatic heterocycles. The molecule has 2 atom stereocenters. The molecular formula is C29H29Cl2N5OS. The Bertz CT molecular complexity index is 1360. The Balaban J connectivity index is 1.39. The predicted molar refractivity (Wildman–Crippen MR) is 159 cm³/mol. The van der Waals surface area contributed by atoms with Gasteiger partial charge in [0.1, 0.15) is 0 Å². The van der Waals surface area contributed by atoms with Crippen LogP contribution in [-0.2, 0) is 4.79 Å². The molecular weight excluding hydrogens is 537 g/mol. The molecule has 38 heavy (non-hydrogen) atoms. The molecule has 2 heterocycles. The number of amides is 1. The smallest absolute Gasteiger partial charge is 0.272 e. The third-order valence-corrected chi connectivity index (χ3v) is 7.86. The first kappa shape index (κ1) is 26.6. The van der Waals surface area contributed by atoms with E-state index >= 15 is 0 Å². The summed E-state index contributed by atoms with van der Waals surface area (Å²) in [5.41, 5.74) is 4.15. The number of nitrogens with one attached hydrogen (secondary N) is 2. The van der Waals surface area contributed by atoms with Crippen LogP contribution in [0.25, 0.3) is 0 Å². The zero-order chi connectivity index (χ0) is 26.6. The Morgan fingerprint density at radius 1 is 1.05 bits per heavy atom. The molecule has 3 aromatic carbocycles. The second-order valence-electron chi connectivity index (χ2n) is 9.44. The monoisotopic (exact) mass is 565 g/mol. The number of anilines is 1. The summed E-state index contributed by atoms with van der Waals surface area (Å²) >= 11 is 18.6. The molecule has 1 fully saturated rings. The van der Waals surface area contributed by atoms with E-state index in [1.165, 1.54) is 0 Å². The van der Waals surface area contributed by atoms with Crippen molar-refractivity contribution >= 4 is 57.8 Å². The van der Waals surface area contributed by atoms with Gasteiger partial charge < -0.3 is 15.5 Å². The largest absolute Gasteiger partial charge is 0.361 e. The number of fused-ring (bicyclic) bond motifs is 1. The van der Waals surface area contributed by atoms with Crippen molar-refractivity contribution in [3.05, 3.63) is 99.5 Å². The molecule has 9 heteroatoms. The van der Waals surface area contributed by atoms with Crippen molar-refractivity contribution in [2.45, 2.75) is 25.0 Å². The first-order valence-electron chi connectivity index (χ1n) is 12.7. The van der Waals surface area contributed by atoms with Crippen LogP contribution in [0.4, 0.5) is 5.69 Å². The molecule has 1 amide bonds. The van der Waals surface area contributed by atoms with E-state index in [1.54, 1.807) is 18.0 Å². The van der Waals surface area contributed by atoms with E-state index in [0.717, 1.165) is 53.3 Å². The third-order valence-electron chi connectivity index (χ3n) is 7.01. The molecule has 0 aromatic heterocycles. The Kier molecular flexibility index (Phi) is 8.29. The highest BCUT2D eigenvalue weighted by molar-refractivity contribution is 7.80. The molecule has 0 bridgehead atoms. The average molecular weight is 567 g/mol. The van der Waals surface area contributed by atoms with Crippen LogP contribution >= 0.6 is 35.4 Å². The summed E-state index contributed by atoms with van der Waals surface area (Å²) in [6.07, 6.45) is 1.41. The normalized spacial score (nSPS) is 18.4. The van der Waals surface area contributed by atoms with E-state index in [2.05, 4.69) is 21.6 Å². The maximum absolute atomic E-state index is 13.5. The van der Waals surface area contributed by atoms with Crippen LogP contribution < -0.4 is 15.5 Å². The number of aliphatic imine (C=N–C) groups is 1. The Hall–Kier alpha value is -2.97. The van der Waals surface area contributed by atoms with Gasteiger partial charge >= 0.3 is 0 Å². The van der Waals surface area contributed by atoms with Gasteiger partial charge in [0.25, 0.3) is 5.91 Å². The second-order valence-corrected chi connectivity index (χ2v) is 10.7. The molecule has 2 N–H and O–H groups in total. The highest BCUT2D eigenvalue weighted by Gasteiger charge is 2.31. The van der Waals surface area contributed by atoms with Crippen LogP contribution in [0.2, 0.25) is 10.0 Å². The summed E-state index contributed by atoms with van der Waals surface area (Å²) in [6.45, 7) is 2.57. The number of likely N-dealkylation sites (tertiary alicyclic amines) is 1. The van der Waals surface area contributed by atoms with E-state index in [0.29, 0.717) is 22.4 Å². The molecule has 0 spiro atoms. The summed E-state index contributed by atoms with van der Waals surface area (Å²) in [5, 5.41) is 8.15. The van der Waals surface area contributed by atoms with Crippen LogP contribution in [0, 0.1) is 0 Å². The van der Waals surface area contributed by atoms with Gasteiger partial charge in [0.2, 0.25) is 6.17 Å². The van der Waals surface area contributed by atoms with Gasteiger partial charge in [-0.15, -0.1) is 0 Å². The molecule has 0 aliphatic carbocycles. The van der Waals surface area contributed by atoms with Crippen LogP contribution in [0.15, 0.2) is 77.8 Å². The van der Waals surface area contributed by atoms with Crippen molar-refractivity contribution in [3.8, 4) is 0 Å². The first-order valence-corrected chi connectivity index (χ1v) is 13.8. The second kappa shape index (κ2) is 11.8. The third kappa shape index (κ3) is 5.71. The minimum atomic E-state index is -0.910. The molecule has 1 saturated heterocycles. The highest BCUT2D eigenvalue weighted by Crippen LogP contribution is 2.31. The zero-order valence-corrected chi connectivity index (χ0v) is 23.4. The standard InChI is InChI=1S/C29H29Cl2N5OS/c1-35-24-14-13-20(30)17-22(24)26(19-9-3-2-4-10-19)33-27(28(35)37)34-29(38)32-18-25(36-15-7-8-16-36)21-11-5-6-12-23(21)31/h2-6,9-14,17,25,27H,7-8,15-16,18H2,1H3,(H2,32,34,38). The molecule has 6 nitrogen and oxygen atoms in total. The highest BCUT2D eigenvalue weighted by atomic mass is 35.5. The lowest BCUT2D eigenvalue weighted by molar-refractivity contribution is -0.119. The molecule has 0 saturated carbocycles. The lowest BCUT2D eigenvalue weighted by Gasteiger charge is -2.30. The number of hydrogen-bond donors (Lipinski definition) is 2. The fraction of sp³-hybridized carbons (Fsp3) is 0.276. The van der Waals surface area contributed by atoms with Crippen molar-refractivity contribution in [3.63, 3.8) is 0 Å². The number of benzodiazepines with no additional fused rings is 1. The van der Waals surface area contributed by atoms with Gasteiger partial charge in [-0.05, 0) is 68.0 Å².